The third-order valence-electron chi connectivity index (χ3n) is 3.13. The van der Waals surface area contributed by atoms with Gasteiger partial charge in [0.15, 0.2) is 0 Å². The Morgan fingerprint density at radius 1 is 1.05 bits per heavy atom. The molecule has 0 saturated heterocycles. The quantitative estimate of drug-likeness (QED) is 0.696. The summed E-state index contributed by atoms with van der Waals surface area (Å²) in [6.45, 7) is 2.07. The van der Waals surface area contributed by atoms with Crippen molar-refractivity contribution in [3.63, 3.8) is 0 Å². The third kappa shape index (κ3) is 2.15. The van der Waals surface area contributed by atoms with Crippen molar-refractivity contribution in [2.24, 2.45) is 0 Å². The van der Waals surface area contributed by atoms with Crippen LogP contribution in [-0.4, -0.2) is 17.1 Å². The molecule has 3 heteroatoms. The maximum absolute atomic E-state index is 5.07. The van der Waals surface area contributed by atoms with Gasteiger partial charge in [-0.3, -0.25) is 0 Å². The number of nitrogens with zero attached hydrogens (tertiary/aromatic N) is 2. The van der Waals surface area contributed by atoms with Crippen LogP contribution in [0.2, 0.25) is 0 Å². The van der Waals surface area contributed by atoms with E-state index in [0.717, 1.165) is 27.7 Å². The predicted octanol–water partition coefficient (Wildman–Crippen LogP) is 3.61. The van der Waals surface area contributed by atoms with E-state index in [9.17, 15) is 0 Å². The zero-order chi connectivity index (χ0) is 13.2. The van der Waals surface area contributed by atoms with Crippen LogP contribution in [0.5, 0.6) is 5.88 Å². The third-order valence-corrected chi connectivity index (χ3v) is 3.13. The number of fused-ring (bicyclic) bond motifs is 1. The van der Waals surface area contributed by atoms with Gasteiger partial charge in [-0.2, -0.15) is 0 Å². The number of pyridine rings is 2. The second kappa shape index (κ2) is 4.69. The standard InChI is InChI=1S/C16H14N2O/c1-11-9-12-5-3-4-6-14(12)18-16(11)13-7-8-15(19-2)17-10-13/h3-10H,1-2H3. The largest absolute Gasteiger partial charge is 0.481 e. The number of para-hydroxylation sites is 1. The number of aryl methyl sites for hydroxylation is 1. The Hall–Kier alpha value is -2.42. The van der Waals surface area contributed by atoms with Crippen LogP contribution in [0.1, 0.15) is 5.56 Å². The van der Waals surface area contributed by atoms with Gasteiger partial charge in [-0.15, -0.1) is 0 Å². The number of ether oxygens (including phenoxy) is 1. The number of aromatic nitrogens is 2. The molecule has 0 unspecified atom stereocenters. The molecule has 0 aliphatic carbocycles. The molecule has 94 valence electrons. The van der Waals surface area contributed by atoms with E-state index in [1.165, 1.54) is 0 Å². The van der Waals surface area contributed by atoms with Crippen LogP contribution in [-0.2, 0) is 0 Å². The van der Waals surface area contributed by atoms with E-state index in [2.05, 4.69) is 24.0 Å². The number of rotatable bonds is 2. The summed E-state index contributed by atoms with van der Waals surface area (Å²) in [6.07, 6.45) is 1.79. The van der Waals surface area contributed by atoms with Crippen molar-refractivity contribution < 1.29 is 4.74 Å². The lowest BCUT2D eigenvalue weighted by atomic mass is 10.1. The van der Waals surface area contributed by atoms with E-state index in [0.29, 0.717) is 5.88 Å². The van der Waals surface area contributed by atoms with Crippen LogP contribution in [0.15, 0.2) is 48.7 Å². The average Bonchev–Trinajstić information content (AvgIpc) is 2.47. The fourth-order valence-corrected chi connectivity index (χ4v) is 2.15. The van der Waals surface area contributed by atoms with E-state index < -0.39 is 0 Å². The highest BCUT2D eigenvalue weighted by atomic mass is 16.5. The van der Waals surface area contributed by atoms with Crippen LogP contribution < -0.4 is 4.74 Å². The molecule has 0 aliphatic rings. The molecule has 3 nitrogen and oxygen atoms in total. The topological polar surface area (TPSA) is 35.0 Å². The molecule has 3 rings (SSSR count). The molecule has 0 radical (unpaired) electrons. The van der Waals surface area contributed by atoms with Gasteiger partial charge in [0.2, 0.25) is 5.88 Å². The fourth-order valence-electron chi connectivity index (χ4n) is 2.15. The summed E-state index contributed by atoms with van der Waals surface area (Å²) < 4.78 is 5.07. The highest BCUT2D eigenvalue weighted by molar-refractivity contribution is 5.83. The van der Waals surface area contributed by atoms with E-state index >= 15 is 0 Å². The highest BCUT2D eigenvalue weighted by Gasteiger charge is 2.06. The SMILES string of the molecule is COc1ccc(-c2nc3ccccc3cc2C)cn1. The summed E-state index contributed by atoms with van der Waals surface area (Å²) in [4.78, 5) is 8.95. The molecule has 1 aromatic carbocycles. The van der Waals surface area contributed by atoms with Crippen molar-refractivity contribution in [1.29, 1.82) is 0 Å². The lowest BCUT2D eigenvalue weighted by molar-refractivity contribution is 0.398. The minimum atomic E-state index is 0.613. The number of methoxy groups -OCH3 is 1. The van der Waals surface area contributed by atoms with E-state index in [1.807, 2.05) is 30.3 Å². The zero-order valence-electron chi connectivity index (χ0n) is 10.9. The molecule has 0 spiro atoms. The van der Waals surface area contributed by atoms with Gasteiger partial charge in [0.25, 0.3) is 0 Å². The second-order valence-electron chi connectivity index (χ2n) is 4.44. The van der Waals surface area contributed by atoms with Crippen molar-refractivity contribution in [3.8, 4) is 17.1 Å². The number of hydrogen-bond acceptors (Lipinski definition) is 3. The number of benzene rings is 1. The fraction of sp³-hybridized carbons (Fsp3) is 0.125. The van der Waals surface area contributed by atoms with Gasteiger partial charge >= 0.3 is 0 Å². The second-order valence-corrected chi connectivity index (χ2v) is 4.44. The van der Waals surface area contributed by atoms with Gasteiger partial charge in [-0.05, 0) is 30.7 Å². The zero-order valence-corrected chi connectivity index (χ0v) is 10.9. The summed E-state index contributed by atoms with van der Waals surface area (Å²) in [6, 6.07) is 14.1. The Labute approximate surface area is 111 Å². The minimum Gasteiger partial charge on any atom is -0.481 e. The highest BCUT2D eigenvalue weighted by Crippen LogP contribution is 2.25. The van der Waals surface area contributed by atoms with Crippen LogP contribution in [0.25, 0.3) is 22.2 Å². The Balaban J connectivity index is 2.15. The van der Waals surface area contributed by atoms with Gasteiger partial charge in [0.05, 0.1) is 18.3 Å². The molecule has 19 heavy (non-hydrogen) atoms. The van der Waals surface area contributed by atoms with Crippen molar-refractivity contribution in [2.75, 3.05) is 7.11 Å². The normalized spacial score (nSPS) is 10.6. The van der Waals surface area contributed by atoms with E-state index in [4.69, 9.17) is 9.72 Å². The summed E-state index contributed by atoms with van der Waals surface area (Å²) >= 11 is 0. The molecular formula is C16H14N2O. The summed E-state index contributed by atoms with van der Waals surface area (Å²) in [5.74, 6) is 0.613. The first-order valence-electron chi connectivity index (χ1n) is 6.15. The van der Waals surface area contributed by atoms with Crippen molar-refractivity contribution in [2.45, 2.75) is 6.92 Å². The van der Waals surface area contributed by atoms with Crippen LogP contribution in [0.4, 0.5) is 0 Å². The predicted molar refractivity (Wildman–Crippen MR) is 76.3 cm³/mol. The molecule has 2 heterocycles. The van der Waals surface area contributed by atoms with Gasteiger partial charge in [0, 0.05) is 23.2 Å². The maximum atomic E-state index is 5.07. The summed E-state index contributed by atoms with van der Waals surface area (Å²) in [5, 5.41) is 1.16. The molecule has 0 aliphatic heterocycles. The average molecular weight is 250 g/mol. The van der Waals surface area contributed by atoms with Crippen LogP contribution >= 0.6 is 0 Å². The van der Waals surface area contributed by atoms with Gasteiger partial charge in [0.1, 0.15) is 0 Å². The Bertz CT molecular complexity index is 720. The minimum absolute atomic E-state index is 0.613. The molecule has 0 bridgehead atoms. The Morgan fingerprint density at radius 2 is 1.89 bits per heavy atom. The monoisotopic (exact) mass is 250 g/mol. The molecule has 0 fully saturated rings. The summed E-state index contributed by atoms with van der Waals surface area (Å²) in [7, 11) is 1.61. The van der Waals surface area contributed by atoms with Crippen molar-refractivity contribution >= 4 is 10.9 Å². The molecule has 0 N–H and O–H groups in total. The summed E-state index contributed by atoms with van der Waals surface area (Å²) in [5.41, 5.74) is 4.11. The first-order chi connectivity index (χ1) is 9.28. The van der Waals surface area contributed by atoms with Crippen LogP contribution in [0.3, 0.4) is 0 Å². The molecular weight excluding hydrogens is 236 g/mol. The van der Waals surface area contributed by atoms with E-state index in [-0.39, 0.29) is 0 Å². The van der Waals surface area contributed by atoms with Crippen LogP contribution in [0, 0.1) is 6.92 Å². The lowest BCUT2D eigenvalue weighted by Crippen LogP contribution is -1.92. The van der Waals surface area contributed by atoms with Gasteiger partial charge in [-0.1, -0.05) is 18.2 Å². The maximum Gasteiger partial charge on any atom is 0.212 e. The molecule has 0 saturated carbocycles. The molecule has 2 aromatic heterocycles. The molecule has 3 aromatic rings. The Kier molecular flexibility index (Phi) is 2.88. The van der Waals surface area contributed by atoms with Gasteiger partial charge in [-0.25, -0.2) is 9.97 Å². The smallest absolute Gasteiger partial charge is 0.212 e. The Morgan fingerprint density at radius 3 is 2.63 bits per heavy atom. The van der Waals surface area contributed by atoms with Crippen molar-refractivity contribution in [1.82, 2.24) is 9.97 Å². The van der Waals surface area contributed by atoms with Gasteiger partial charge < -0.3 is 4.74 Å². The number of hydrogen-bond donors (Lipinski definition) is 0. The van der Waals surface area contributed by atoms with E-state index in [1.54, 1.807) is 13.3 Å². The first-order valence-corrected chi connectivity index (χ1v) is 6.15. The molecule has 0 amide bonds. The lowest BCUT2D eigenvalue weighted by Gasteiger charge is -2.07. The first kappa shape index (κ1) is 11.7. The molecule has 0 atom stereocenters. The van der Waals surface area contributed by atoms with Crippen molar-refractivity contribution in [3.05, 3.63) is 54.2 Å².